The maximum absolute atomic E-state index is 6.16. The molecule has 2 saturated carbocycles. The predicted molar refractivity (Wildman–Crippen MR) is 89.1 cm³/mol. The zero-order chi connectivity index (χ0) is 14.5. The van der Waals surface area contributed by atoms with Gasteiger partial charge in [-0.3, -0.25) is 0 Å². The van der Waals surface area contributed by atoms with Crippen LogP contribution in [-0.4, -0.2) is 24.1 Å². The van der Waals surface area contributed by atoms with Gasteiger partial charge in [0.05, 0.1) is 12.7 Å². The van der Waals surface area contributed by atoms with Gasteiger partial charge in [-0.05, 0) is 31.4 Å². The summed E-state index contributed by atoms with van der Waals surface area (Å²) in [7, 11) is 0. The van der Waals surface area contributed by atoms with Crippen molar-refractivity contribution in [2.75, 3.05) is 13.2 Å². The second-order valence-corrected chi connectivity index (χ2v) is 7.48. The summed E-state index contributed by atoms with van der Waals surface area (Å²) in [5.74, 6) is 0.928. The fraction of sp³-hybridized carbons (Fsp3) is 0.667. The zero-order valence-electron chi connectivity index (χ0n) is 12.6. The Kier molecular flexibility index (Phi) is 5.23. The standard InChI is InChI=1S/C18H25BrO2/c19-16-14-17(18(16)10-6-1-2-7-11-18)21-13-12-20-15-8-4-3-5-9-15/h3-5,8-9,16-17H,1-2,6-7,10-14H2. The van der Waals surface area contributed by atoms with Gasteiger partial charge in [-0.15, -0.1) is 0 Å². The average molecular weight is 353 g/mol. The first-order chi connectivity index (χ1) is 10.3. The third-order valence-corrected chi connectivity index (χ3v) is 6.42. The number of hydrogen-bond donors (Lipinski definition) is 0. The second kappa shape index (κ2) is 7.15. The van der Waals surface area contributed by atoms with Gasteiger partial charge in [0.1, 0.15) is 12.4 Å². The first kappa shape index (κ1) is 15.4. The summed E-state index contributed by atoms with van der Waals surface area (Å²) < 4.78 is 11.9. The molecule has 1 aromatic rings. The van der Waals surface area contributed by atoms with E-state index in [1.54, 1.807) is 0 Å². The Labute approximate surface area is 136 Å². The van der Waals surface area contributed by atoms with E-state index < -0.39 is 0 Å². The lowest BCUT2D eigenvalue weighted by atomic mass is 9.61. The van der Waals surface area contributed by atoms with Gasteiger partial charge in [-0.1, -0.05) is 59.8 Å². The number of rotatable bonds is 5. The number of ether oxygens (including phenoxy) is 2. The van der Waals surface area contributed by atoms with Crippen molar-refractivity contribution >= 4 is 15.9 Å². The van der Waals surface area contributed by atoms with Crippen LogP contribution in [0.15, 0.2) is 30.3 Å². The summed E-state index contributed by atoms with van der Waals surface area (Å²) in [4.78, 5) is 0.656. The number of benzene rings is 1. The maximum Gasteiger partial charge on any atom is 0.119 e. The van der Waals surface area contributed by atoms with Crippen molar-refractivity contribution in [2.24, 2.45) is 5.41 Å². The highest BCUT2D eigenvalue weighted by Gasteiger charge is 2.53. The van der Waals surface area contributed by atoms with Crippen molar-refractivity contribution in [1.29, 1.82) is 0 Å². The molecular formula is C18H25BrO2. The summed E-state index contributed by atoms with van der Waals surface area (Å²) in [6.07, 6.45) is 9.76. The van der Waals surface area contributed by atoms with Crippen molar-refractivity contribution in [3.8, 4) is 5.75 Å². The molecule has 0 aliphatic heterocycles. The molecule has 0 amide bonds. The van der Waals surface area contributed by atoms with Crippen molar-refractivity contribution in [3.63, 3.8) is 0 Å². The number of para-hydroxylation sites is 1. The van der Waals surface area contributed by atoms with E-state index in [0.29, 0.717) is 29.6 Å². The Morgan fingerprint density at radius 2 is 1.71 bits per heavy atom. The molecule has 2 atom stereocenters. The molecular weight excluding hydrogens is 328 g/mol. The van der Waals surface area contributed by atoms with E-state index in [1.807, 2.05) is 30.3 Å². The Morgan fingerprint density at radius 3 is 2.38 bits per heavy atom. The minimum atomic E-state index is 0.406. The Hall–Kier alpha value is -0.540. The van der Waals surface area contributed by atoms with Crippen LogP contribution in [-0.2, 0) is 4.74 Å². The van der Waals surface area contributed by atoms with Crippen LogP contribution in [0.3, 0.4) is 0 Å². The summed E-state index contributed by atoms with van der Waals surface area (Å²) >= 11 is 3.89. The molecule has 21 heavy (non-hydrogen) atoms. The number of alkyl halides is 1. The first-order valence-electron chi connectivity index (χ1n) is 8.25. The average Bonchev–Trinajstić information content (AvgIpc) is 2.79. The Bertz CT molecular complexity index is 426. The maximum atomic E-state index is 6.16. The van der Waals surface area contributed by atoms with E-state index in [-0.39, 0.29) is 0 Å². The minimum Gasteiger partial charge on any atom is -0.491 e. The molecule has 2 fully saturated rings. The number of hydrogen-bond acceptors (Lipinski definition) is 2. The summed E-state index contributed by atoms with van der Waals surface area (Å²) in [6, 6.07) is 9.98. The molecule has 0 saturated heterocycles. The van der Waals surface area contributed by atoms with E-state index >= 15 is 0 Å². The molecule has 0 N–H and O–H groups in total. The van der Waals surface area contributed by atoms with Crippen LogP contribution in [0.5, 0.6) is 5.75 Å². The molecule has 0 bridgehead atoms. The van der Waals surface area contributed by atoms with Crippen LogP contribution in [0.1, 0.15) is 44.9 Å². The third-order valence-electron chi connectivity index (χ3n) is 5.13. The highest BCUT2D eigenvalue weighted by Crippen LogP contribution is 2.55. The van der Waals surface area contributed by atoms with Crippen molar-refractivity contribution < 1.29 is 9.47 Å². The van der Waals surface area contributed by atoms with Gasteiger partial charge in [-0.2, -0.15) is 0 Å². The quantitative estimate of drug-likeness (QED) is 0.550. The Balaban J connectivity index is 1.44. The molecule has 0 aromatic heterocycles. The molecule has 116 valence electrons. The summed E-state index contributed by atoms with van der Waals surface area (Å²) in [6.45, 7) is 1.34. The van der Waals surface area contributed by atoms with Gasteiger partial charge in [0, 0.05) is 10.2 Å². The zero-order valence-corrected chi connectivity index (χ0v) is 14.2. The lowest BCUT2D eigenvalue weighted by molar-refractivity contribution is -0.116. The smallest absolute Gasteiger partial charge is 0.119 e. The highest BCUT2D eigenvalue weighted by atomic mass is 79.9. The SMILES string of the molecule is BrC1CC(OCCOc2ccccc2)C12CCCCCC2. The topological polar surface area (TPSA) is 18.5 Å². The third kappa shape index (κ3) is 3.45. The van der Waals surface area contributed by atoms with E-state index in [4.69, 9.17) is 9.47 Å². The molecule has 1 spiro atoms. The van der Waals surface area contributed by atoms with Crippen molar-refractivity contribution in [2.45, 2.75) is 55.9 Å². The minimum absolute atomic E-state index is 0.406. The van der Waals surface area contributed by atoms with E-state index in [2.05, 4.69) is 15.9 Å². The van der Waals surface area contributed by atoms with Crippen molar-refractivity contribution in [1.82, 2.24) is 0 Å². The van der Waals surface area contributed by atoms with Gasteiger partial charge in [0.15, 0.2) is 0 Å². The van der Waals surface area contributed by atoms with Gasteiger partial charge < -0.3 is 9.47 Å². The normalized spacial score (nSPS) is 27.9. The lowest BCUT2D eigenvalue weighted by Crippen LogP contribution is -2.55. The fourth-order valence-corrected chi connectivity index (χ4v) is 4.91. The van der Waals surface area contributed by atoms with Gasteiger partial charge in [0.2, 0.25) is 0 Å². The molecule has 0 radical (unpaired) electrons. The van der Waals surface area contributed by atoms with Gasteiger partial charge >= 0.3 is 0 Å². The lowest BCUT2D eigenvalue weighted by Gasteiger charge is -2.53. The first-order valence-corrected chi connectivity index (χ1v) is 9.16. The van der Waals surface area contributed by atoms with Crippen molar-refractivity contribution in [3.05, 3.63) is 30.3 Å². The van der Waals surface area contributed by atoms with Crippen LogP contribution < -0.4 is 4.74 Å². The van der Waals surface area contributed by atoms with E-state index in [9.17, 15) is 0 Å². The van der Waals surface area contributed by atoms with Crippen LogP contribution >= 0.6 is 15.9 Å². The Morgan fingerprint density at radius 1 is 1.00 bits per heavy atom. The monoisotopic (exact) mass is 352 g/mol. The van der Waals surface area contributed by atoms with Crippen LogP contribution in [0.2, 0.25) is 0 Å². The molecule has 2 aliphatic rings. The summed E-state index contributed by atoms with van der Waals surface area (Å²) in [5, 5.41) is 0. The fourth-order valence-electron chi connectivity index (χ4n) is 3.82. The number of halogens is 1. The van der Waals surface area contributed by atoms with Gasteiger partial charge in [-0.25, -0.2) is 0 Å². The molecule has 3 rings (SSSR count). The molecule has 2 unspecified atom stereocenters. The van der Waals surface area contributed by atoms with Crippen LogP contribution in [0.4, 0.5) is 0 Å². The van der Waals surface area contributed by atoms with Gasteiger partial charge in [0.25, 0.3) is 0 Å². The molecule has 2 aliphatic carbocycles. The van der Waals surface area contributed by atoms with Crippen LogP contribution in [0, 0.1) is 5.41 Å². The van der Waals surface area contributed by atoms with E-state index in [1.165, 1.54) is 38.5 Å². The molecule has 3 heteroatoms. The molecule has 1 aromatic carbocycles. The predicted octanol–water partition coefficient (Wildman–Crippen LogP) is 4.96. The van der Waals surface area contributed by atoms with E-state index in [0.717, 1.165) is 12.2 Å². The highest BCUT2D eigenvalue weighted by molar-refractivity contribution is 9.09. The summed E-state index contributed by atoms with van der Waals surface area (Å²) in [5.41, 5.74) is 0.406. The largest absolute Gasteiger partial charge is 0.491 e. The van der Waals surface area contributed by atoms with Crippen LogP contribution in [0.25, 0.3) is 0 Å². The molecule has 2 nitrogen and oxygen atoms in total. The molecule has 0 heterocycles. The second-order valence-electron chi connectivity index (χ2n) is 6.37.